The Hall–Kier alpha value is -0.260. The van der Waals surface area contributed by atoms with E-state index >= 15 is 0 Å². The molecule has 1 fully saturated rings. The summed E-state index contributed by atoms with van der Waals surface area (Å²) in [6.07, 6.45) is 0. The summed E-state index contributed by atoms with van der Waals surface area (Å²) in [4.78, 5) is 4.73. The molecule has 0 saturated carbocycles. The van der Waals surface area contributed by atoms with Gasteiger partial charge >= 0.3 is 0 Å². The fourth-order valence-corrected chi connectivity index (χ4v) is 3.64. The van der Waals surface area contributed by atoms with E-state index in [1.165, 1.54) is 5.69 Å². The lowest BCUT2D eigenvalue weighted by Crippen LogP contribution is -2.44. The molecular formula is C11H15Br2N3. The third-order valence-electron chi connectivity index (χ3n) is 2.86. The molecule has 0 unspecified atom stereocenters. The van der Waals surface area contributed by atoms with E-state index in [0.29, 0.717) is 0 Å². The van der Waals surface area contributed by atoms with Crippen molar-refractivity contribution in [2.24, 2.45) is 0 Å². The molecule has 0 amide bonds. The Balaban J connectivity index is 2.26. The van der Waals surface area contributed by atoms with Crippen molar-refractivity contribution < 1.29 is 0 Å². The third-order valence-corrected chi connectivity index (χ3v) is 4.07. The van der Waals surface area contributed by atoms with E-state index in [-0.39, 0.29) is 0 Å². The van der Waals surface area contributed by atoms with Crippen LogP contribution in [0.4, 0.5) is 11.4 Å². The maximum atomic E-state index is 5.79. The Morgan fingerprint density at radius 3 is 2.06 bits per heavy atom. The molecule has 0 spiro atoms. The van der Waals surface area contributed by atoms with Crippen molar-refractivity contribution in [3.05, 3.63) is 21.1 Å². The van der Waals surface area contributed by atoms with Gasteiger partial charge in [0, 0.05) is 40.8 Å². The quantitative estimate of drug-likeness (QED) is 0.791. The molecule has 1 heterocycles. The molecule has 2 rings (SSSR count). The number of nitrogens with two attached hydrogens (primary N) is 1. The second kappa shape index (κ2) is 4.94. The van der Waals surface area contributed by atoms with Gasteiger partial charge in [0.05, 0.1) is 5.69 Å². The van der Waals surface area contributed by atoms with Crippen LogP contribution in [-0.2, 0) is 0 Å². The highest BCUT2D eigenvalue weighted by atomic mass is 79.9. The van der Waals surface area contributed by atoms with E-state index in [0.717, 1.165) is 40.8 Å². The second-order valence-electron chi connectivity index (χ2n) is 4.12. The summed E-state index contributed by atoms with van der Waals surface area (Å²) in [5, 5.41) is 0. The summed E-state index contributed by atoms with van der Waals surface area (Å²) in [6, 6.07) is 3.91. The SMILES string of the molecule is CN1CCN(c2c(Br)cc(N)cc2Br)CC1. The average Bonchev–Trinajstić information content (AvgIpc) is 2.19. The number of nitrogen functional groups attached to an aromatic ring is 1. The van der Waals surface area contributed by atoms with Gasteiger partial charge in [-0.05, 0) is 51.0 Å². The minimum Gasteiger partial charge on any atom is -0.399 e. The van der Waals surface area contributed by atoms with Crippen molar-refractivity contribution in [3.63, 3.8) is 0 Å². The first-order valence-electron chi connectivity index (χ1n) is 5.26. The highest BCUT2D eigenvalue weighted by molar-refractivity contribution is 9.11. The summed E-state index contributed by atoms with van der Waals surface area (Å²) in [5.74, 6) is 0. The minimum absolute atomic E-state index is 0.775. The summed E-state index contributed by atoms with van der Waals surface area (Å²) in [7, 11) is 2.16. The van der Waals surface area contributed by atoms with Gasteiger partial charge in [-0.25, -0.2) is 0 Å². The van der Waals surface area contributed by atoms with Gasteiger partial charge < -0.3 is 15.5 Å². The molecule has 1 aromatic carbocycles. The molecule has 3 nitrogen and oxygen atoms in total. The van der Waals surface area contributed by atoms with Crippen LogP contribution >= 0.6 is 31.9 Å². The zero-order valence-electron chi connectivity index (χ0n) is 9.21. The first-order valence-corrected chi connectivity index (χ1v) is 6.84. The Morgan fingerprint density at radius 1 is 1.06 bits per heavy atom. The third kappa shape index (κ3) is 2.52. The number of halogens is 2. The van der Waals surface area contributed by atoms with Crippen molar-refractivity contribution in [1.29, 1.82) is 0 Å². The van der Waals surface area contributed by atoms with E-state index in [2.05, 4.69) is 48.7 Å². The predicted octanol–water partition coefficient (Wildman–Crippen LogP) is 2.55. The molecule has 1 aliphatic rings. The lowest BCUT2D eigenvalue weighted by molar-refractivity contribution is 0.312. The first-order chi connectivity index (χ1) is 7.58. The molecule has 2 N–H and O–H groups in total. The van der Waals surface area contributed by atoms with Gasteiger partial charge in [-0.3, -0.25) is 0 Å². The molecule has 0 aliphatic carbocycles. The van der Waals surface area contributed by atoms with Gasteiger partial charge in [0.25, 0.3) is 0 Å². The molecule has 1 aromatic rings. The number of nitrogens with zero attached hydrogens (tertiary/aromatic N) is 2. The maximum Gasteiger partial charge on any atom is 0.0657 e. The van der Waals surface area contributed by atoms with Crippen molar-refractivity contribution in [2.75, 3.05) is 43.9 Å². The van der Waals surface area contributed by atoms with Gasteiger partial charge in [0.15, 0.2) is 0 Å². The zero-order chi connectivity index (χ0) is 11.7. The smallest absolute Gasteiger partial charge is 0.0657 e. The maximum absolute atomic E-state index is 5.79. The van der Waals surface area contributed by atoms with Gasteiger partial charge in [-0.2, -0.15) is 0 Å². The molecule has 1 saturated heterocycles. The van der Waals surface area contributed by atoms with Crippen LogP contribution < -0.4 is 10.6 Å². The molecule has 0 atom stereocenters. The van der Waals surface area contributed by atoms with Crippen LogP contribution in [0, 0.1) is 0 Å². The highest BCUT2D eigenvalue weighted by Crippen LogP contribution is 2.36. The number of hydrogen-bond acceptors (Lipinski definition) is 3. The average molecular weight is 349 g/mol. The molecular weight excluding hydrogens is 334 g/mol. The zero-order valence-corrected chi connectivity index (χ0v) is 12.4. The van der Waals surface area contributed by atoms with Crippen LogP contribution in [0.3, 0.4) is 0 Å². The Bertz CT molecular complexity index is 364. The van der Waals surface area contributed by atoms with Crippen LogP contribution in [0.15, 0.2) is 21.1 Å². The molecule has 16 heavy (non-hydrogen) atoms. The molecule has 88 valence electrons. The largest absolute Gasteiger partial charge is 0.399 e. The van der Waals surface area contributed by atoms with Gasteiger partial charge in [0.1, 0.15) is 0 Å². The van der Waals surface area contributed by atoms with Crippen LogP contribution in [0.1, 0.15) is 0 Å². The van der Waals surface area contributed by atoms with Crippen molar-refractivity contribution >= 4 is 43.2 Å². The second-order valence-corrected chi connectivity index (χ2v) is 5.83. The van der Waals surface area contributed by atoms with E-state index in [1.54, 1.807) is 0 Å². The summed E-state index contributed by atoms with van der Waals surface area (Å²) in [5.41, 5.74) is 7.78. The molecule has 0 radical (unpaired) electrons. The summed E-state index contributed by atoms with van der Waals surface area (Å²) < 4.78 is 2.12. The van der Waals surface area contributed by atoms with Crippen LogP contribution in [0.25, 0.3) is 0 Å². The number of hydrogen-bond donors (Lipinski definition) is 1. The Kier molecular flexibility index (Phi) is 3.77. The van der Waals surface area contributed by atoms with E-state index in [4.69, 9.17) is 5.73 Å². The van der Waals surface area contributed by atoms with Crippen LogP contribution in [0.2, 0.25) is 0 Å². The highest BCUT2D eigenvalue weighted by Gasteiger charge is 2.18. The molecule has 0 aromatic heterocycles. The summed E-state index contributed by atoms with van der Waals surface area (Å²) >= 11 is 7.17. The van der Waals surface area contributed by atoms with Gasteiger partial charge in [-0.15, -0.1) is 0 Å². The lowest BCUT2D eigenvalue weighted by atomic mass is 10.2. The summed E-state index contributed by atoms with van der Waals surface area (Å²) in [6.45, 7) is 4.31. The molecule has 0 bridgehead atoms. The number of benzene rings is 1. The Labute approximate surface area is 113 Å². The Morgan fingerprint density at radius 2 is 1.56 bits per heavy atom. The van der Waals surface area contributed by atoms with Gasteiger partial charge in [0.2, 0.25) is 0 Å². The van der Waals surface area contributed by atoms with E-state index in [1.807, 2.05) is 12.1 Å². The first kappa shape index (κ1) is 12.2. The number of piperazine rings is 1. The fourth-order valence-electron chi connectivity index (χ4n) is 1.92. The van der Waals surface area contributed by atoms with Crippen molar-refractivity contribution in [1.82, 2.24) is 4.90 Å². The normalized spacial score (nSPS) is 17.8. The van der Waals surface area contributed by atoms with E-state index < -0.39 is 0 Å². The number of rotatable bonds is 1. The van der Waals surface area contributed by atoms with Crippen molar-refractivity contribution in [3.8, 4) is 0 Å². The molecule has 1 aliphatic heterocycles. The van der Waals surface area contributed by atoms with Crippen molar-refractivity contribution in [2.45, 2.75) is 0 Å². The fraction of sp³-hybridized carbons (Fsp3) is 0.455. The minimum atomic E-state index is 0.775. The van der Waals surface area contributed by atoms with Gasteiger partial charge in [-0.1, -0.05) is 0 Å². The topological polar surface area (TPSA) is 32.5 Å². The van der Waals surface area contributed by atoms with Crippen LogP contribution in [0.5, 0.6) is 0 Å². The van der Waals surface area contributed by atoms with Crippen LogP contribution in [-0.4, -0.2) is 38.1 Å². The number of likely N-dealkylation sites (N-methyl/N-ethyl adjacent to an activating group) is 1. The predicted molar refractivity (Wildman–Crippen MR) is 76.0 cm³/mol. The molecule has 5 heteroatoms. The monoisotopic (exact) mass is 347 g/mol. The lowest BCUT2D eigenvalue weighted by Gasteiger charge is -2.35. The van der Waals surface area contributed by atoms with E-state index in [9.17, 15) is 0 Å². The standard InChI is InChI=1S/C11H15Br2N3/c1-15-2-4-16(5-3-15)11-9(12)6-8(14)7-10(11)13/h6-7H,2-5,14H2,1H3. The number of anilines is 2.